The first-order valence-electron chi connectivity index (χ1n) is 8.29. The van der Waals surface area contributed by atoms with Crippen molar-refractivity contribution in [1.29, 1.82) is 0 Å². The molecule has 2 aliphatic heterocycles. The first-order valence-corrected chi connectivity index (χ1v) is 8.29. The summed E-state index contributed by atoms with van der Waals surface area (Å²) in [7, 11) is 0. The number of likely N-dealkylation sites (tertiary alicyclic amines) is 1. The van der Waals surface area contributed by atoms with E-state index in [1.54, 1.807) is 18.2 Å². The van der Waals surface area contributed by atoms with E-state index < -0.39 is 5.41 Å². The van der Waals surface area contributed by atoms with Gasteiger partial charge in [0.1, 0.15) is 0 Å². The Morgan fingerprint density at radius 3 is 2.46 bits per heavy atom. The van der Waals surface area contributed by atoms with E-state index in [-0.39, 0.29) is 17.7 Å². The number of carbonyl (C=O) groups is 2. The molecule has 0 bridgehead atoms. The molecule has 24 heavy (non-hydrogen) atoms. The van der Waals surface area contributed by atoms with E-state index in [1.807, 2.05) is 31.2 Å². The van der Waals surface area contributed by atoms with Gasteiger partial charge in [-0.15, -0.1) is 0 Å². The molecule has 2 atom stereocenters. The third-order valence-corrected chi connectivity index (χ3v) is 5.25. The van der Waals surface area contributed by atoms with Crippen LogP contribution in [0.1, 0.15) is 33.2 Å². The predicted octanol–water partition coefficient (Wildman–Crippen LogP) is 2.50. The van der Waals surface area contributed by atoms with E-state index in [1.165, 1.54) is 5.56 Å². The topological polar surface area (TPSA) is 49.4 Å². The van der Waals surface area contributed by atoms with Gasteiger partial charge in [-0.25, -0.2) is 0 Å². The number of carbonyl (C=O) groups excluding carboxylic acids is 2. The Bertz CT molecular complexity index is 802. The second kappa shape index (κ2) is 5.56. The third-order valence-electron chi connectivity index (χ3n) is 5.25. The SMILES string of the molecule is CC12CN(Cc3ccccc3)CC1NC(=O)c1ccccc1C2=O. The van der Waals surface area contributed by atoms with Crippen molar-refractivity contribution < 1.29 is 9.59 Å². The van der Waals surface area contributed by atoms with Crippen molar-refractivity contribution in [3.8, 4) is 0 Å². The summed E-state index contributed by atoms with van der Waals surface area (Å²) in [4.78, 5) is 27.9. The minimum Gasteiger partial charge on any atom is -0.347 e. The van der Waals surface area contributed by atoms with Gasteiger partial charge < -0.3 is 5.32 Å². The molecule has 1 amide bonds. The molecule has 0 saturated carbocycles. The quantitative estimate of drug-likeness (QED) is 0.925. The van der Waals surface area contributed by atoms with Crippen LogP contribution in [0.2, 0.25) is 0 Å². The number of hydrogen-bond acceptors (Lipinski definition) is 3. The van der Waals surface area contributed by atoms with Gasteiger partial charge in [-0.05, 0) is 18.6 Å². The lowest BCUT2D eigenvalue weighted by molar-refractivity contribution is 0.0789. The molecule has 0 radical (unpaired) electrons. The van der Waals surface area contributed by atoms with Crippen LogP contribution in [0.3, 0.4) is 0 Å². The highest BCUT2D eigenvalue weighted by Crippen LogP contribution is 2.37. The molecule has 4 nitrogen and oxygen atoms in total. The molecule has 2 aromatic rings. The monoisotopic (exact) mass is 320 g/mol. The summed E-state index contributed by atoms with van der Waals surface area (Å²) in [6, 6.07) is 17.2. The molecule has 1 saturated heterocycles. The molecular weight excluding hydrogens is 300 g/mol. The number of Topliss-reactive ketones (excluding diaryl/α,β-unsaturated/α-hetero) is 1. The lowest BCUT2D eigenvalue weighted by atomic mass is 9.78. The standard InChI is InChI=1S/C20H20N2O2/c1-20-13-22(11-14-7-3-2-4-8-14)12-17(20)21-19(24)16-10-6-5-9-15(16)18(20)23/h2-10,17H,11-13H2,1H3,(H,21,24). The average Bonchev–Trinajstić information content (AvgIpc) is 2.88. The first kappa shape index (κ1) is 15.1. The van der Waals surface area contributed by atoms with Crippen molar-refractivity contribution in [3.05, 3.63) is 71.3 Å². The Labute approximate surface area is 141 Å². The first-order chi connectivity index (χ1) is 11.6. The lowest BCUT2D eigenvalue weighted by Gasteiger charge is -2.27. The molecular formula is C20H20N2O2. The minimum atomic E-state index is -0.586. The van der Waals surface area contributed by atoms with Gasteiger partial charge in [0.15, 0.2) is 5.78 Å². The van der Waals surface area contributed by atoms with Gasteiger partial charge in [-0.1, -0.05) is 48.5 Å². The van der Waals surface area contributed by atoms with Crippen LogP contribution in [0.15, 0.2) is 54.6 Å². The fourth-order valence-corrected chi connectivity index (χ4v) is 3.92. The van der Waals surface area contributed by atoms with Gasteiger partial charge in [-0.2, -0.15) is 0 Å². The molecule has 0 aliphatic carbocycles. The van der Waals surface area contributed by atoms with Crippen molar-refractivity contribution in [3.63, 3.8) is 0 Å². The fraction of sp³-hybridized carbons (Fsp3) is 0.300. The second-order valence-electron chi connectivity index (χ2n) is 6.97. The highest BCUT2D eigenvalue weighted by atomic mass is 16.2. The van der Waals surface area contributed by atoms with Crippen LogP contribution in [0.5, 0.6) is 0 Å². The zero-order valence-electron chi connectivity index (χ0n) is 13.7. The molecule has 2 unspecified atom stereocenters. The van der Waals surface area contributed by atoms with Crippen molar-refractivity contribution in [2.24, 2.45) is 5.41 Å². The number of benzene rings is 2. The number of fused-ring (bicyclic) bond motifs is 2. The smallest absolute Gasteiger partial charge is 0.252 e. The number of rotatable bonds is 2. The van der Waals surface area contributed by atoms with E-state index in [0.29, 0.717) is 24.2 Å². The van der Waals surface area contributed by atoms with Gasteiger partial charge in [-0.3, -0.25) is 14.5 Å². The Morgan fingerprint density at radius 2 is 1.71 bits per heavy atom. The molecule has 0 aromatic heterocycles. The van der Waals surface area contributed by atoms with Crippen LogP contribution < -0.4 is 5.32 Å². The van der Waals surface area contributed by atoms with Crippen LogP contribution in [-0.4, -0.2) is 35.7 Å². The van der Waals surface area contributed by atoms with Crippen molar-refractivity contribution >= 4 is 11.7 Å². The van der Waals surface area contributed by atoms with E-state index in [9.17, 15) is 9.59 Å². The van der Waals surface area contributed by atoms with Gasteiger partial charge >= 0.3 is 0 Å². The summed E-state index contributed by atoms with van der Waals surface area (Å²) in [5.74, 6) is -0.0775. The zero-order chi connectivity index (χ0) is 16.7. The van der Waals surface area contributed by atoms with E-state index in [2.05, 4.69) is 22.3 Å². The van der Waals surface area contributed by atoms with Gasteiger partial charge in [0, 0.05) is 25.2 Å². The maximum absolute atomic E-state index is 13.2. The number of nitrogens with one attached hydrogen (secondary N) is 1. The summed E-state index contributed by atoms with van der Waals surface area (Å²) in [5.41, 5.74) is 1.67. The van der Waals surface area contributed by atoms with E-state index >= 15 is 0 Å². The molecule has 0 spiro atoms. The van der Waals surface area contributed by atoms with E-state index in [4.69, 9.17) is 0 Å². The van der Waals surface area contributed by atoms with Crippen LogP contribution >= 0.6 is 0 Å². The largest absolute Gasteiger partial charge is 0.347 e. The Hall–Kier alpha value is -2.46. The Morgan fingerprint density at radius 1 is 1.04 bits per heavy atom. The number of hydrogen-bond donors (Lipinski definition) is 1. The van der Waals surface area contributed by atoms with Crippen LogP contribution in [0, 0.1) is 5.41 Å². The maximum atomic E-state index is 13.2. The second-order valence-corrected chi connectivity index (χ2v) is 6.97. The van der Waals surface area contributed by atoms with Gasteiger partial charge in [0.05, 0.1) is 17.0 Å². The summed E-state index contributed by atoms with van der Waals surface area (Å²) in [6.07, 6.45) is 0. The summed E-state index contributed by atoms with van der Waals surface area (Å²) in [6.45, 7) is 4.11. The third kappa shape index (κ3) is 2.34. The molecule has 122 valence electrons. The molecule has 4 heteroatoms. The predicted molar refractivity (Wildman–Crippen MR) is 91.9 cm³/mol. The van der Waals surface area contributed by atoms with Crippen molar-refractivity contribution in [2.75, 3.05) is 13.1 Å². The summed E-state index contributed by atoms with van der Waals surface area (Å²) in [5, 5.41) is 3.08. The highest BCUT2D eigenvalue weighted by molar-refractivity contribution is 6.12. The number of amides is 1. The summed E-state index contributed by atoms with van der Waals surface area (Å²) < 4.78 is 0. The lowest BCUT2D eigenvalue weighted by Crippen LogP contribution is -2.47. The van der Waals surface area contributed by atoms with Crippen LogP contribution in [0.4, 0.5) is 0 Å². The number of ketones is 1. The molecule has 2 aliphatic rings. The maximum Gasteiger partial charge on any atom is 0.252 e. The average molecular weight is 320 g/mol. The molecule has 2 aromatic carbocycles. The normalized spacial score (nSPS) is 26.5. The summed E-state index contributed by atoms with van der Waals surface area (Å²) >= 11 is 0. The van der Waals surface area contributed by atoms with Crippen molar-refractivity contribution in [1.82, 2.24) is 10.2 Å². The van der Waals surface area contributed by atoms with Gasteiger partial charge in [0.2, 0.25) is 0 Å². The van der Waals surface area contributed by atoms with Gasteiger partial charge in [0.25, 0.3) is 5.91 Å². The fourth-order valence-electron chi connectivity index (χ4n) is 3.92. The minimum absolute atomic E-state index is 0.0667. The molecule has 1 fully saturated rings. The number of nitrogens with zero attached hydrogens (tertiary/aromatic N) is 1. The molecule has 4 rings (SSSR count). The van der Waals surface area contributed by atoms with E-state index in [0.717, 1.165) is 6.54 Å². The Kier molecular flexibility index (Phi) is 3.50. The highest BCUT2D eigenvalue weighted by Gasteiger charge is 2.51. The Balaban J connectivity index is 1.65. The molecule has 1 N–H and O–H groups in total. The van der Waals surface area contributed by atoms with Crippen LogP contribution in [-0.2, 0) is 6.54 Å². The molecule has 2 heterocycles. The van der Waals surface area contributed by atoms with Crippen molar-refractivity contribution in [2.45, 2.75) is 19.5 Å². The zero-order valence-corrected chi connectivity index (χ0v) is 13.7. The van der Waals surface area contributed by atoms with Crippen LogP contribution in [0.25, 0.3) is 0 Å².